The summed E-state index contributed by atoms with van der Waals surface area (Å²) in [5, 5.41) is 0. The fraction of sp³-hybridized carbons (Fsp3) is 0.182. The third-order valence-electron chi connectivity index (χ3n) is 1.80. The quantitative estimate of drug-likeness (QED) is 0.575. The van der Waals surface area contributed by atoms with Gasteiger partial charge in [0.1, 0.15) is 6.04 Å². The minimum Gasteiger partial charge on any atom is -0.434 e. The highest BCUT2D eigenvalue weighted by atomic mass is 16.5. The highest BCUT2D eigenvalue weighted by Crippen LogP contribution is 2.02. The minimum absolute atomic E-state index is 0.455. The van der Waals surface area contributed by atoms with Crippen LogP contribution in [0.2, 0.25) is 0 Å². The largest absolute Gasteiger partial charge is 0.434 e. The zero-order valence-electron chi connectivity index (χ0n) is 7.85. The molecule has 2 N–H and O–H groups in total. The molecule has 0 aliphatic heterocycles. The second-order valence-electron chi connectivity index (χ2n) is 2.90. The maximum atomic E-state index is 11.1. The van der Waals surface area contributed by atoms with Crippen molar-refractivity contribution in [2.24, 2.45) is 5.73 Å². The molecule has 14 heavy (non-hydrogen) atoms. The van der Waals surface area contributed by atoms with Crippen LogP contribution in [0, 0.1) is 0 Å². The maximum absolute atomic E-state index is 11.1. The number of esters is 1. The molecule has 3 heteroatoms. The number of rotatable bonds is 4. The highest BCUT2D eigenvalue weighted by Gasteiger charge is 2.14. The first-order valence-electron chi connectivity index (χ1n) is 4.35. The Balaban J connectivity index is 2.52. The van der Waals surface area contributed by atoms with Crippen LogP contribution in [0.15, 0.2) is 43.2 Å². The number of carbonyl (C=O) groups excluding carboxylic acids is 1. The van der Waals surface area contributed by atoms with Gasteiger partial charge in [0.15, 0.2) is 0 Å². The minimum atomic E-state index is -0.629. The Labute approximate surface area is 83.2 Å². The molecule has 0 radical (unpaired) electrons. The molecular formula is C11H13NO2. The summed E-state index contributed by atoms with van der Waals surface area (Å²) in [7, 11) is 0. The molecule has 1 aromatic carbocycles. The van der Waals surface area contributed by atoms with E-state index < -0.39 is 12.0 Å². The van der Waals surface area contributed by atoms with Crippen LogP contribution in [0.25, 0.3) is 0 Å². The van der Waals surface area contributed by atoms with Gasteiger partial charge in [-0.1, -0.05) is 36.9 Å². The van der Waals surface area contributed by atoms with E-state index in [1.54, 1.807) is 0 Å². The average Bonchev–Trinajstić information content (AvgIpc) is 2.19. The molecule has 0 amide bonds. The van der Waals surface area contributed by atoms with Crippen molar-refractivity contribution in [1.29, 1.82) is 0 Å². The molecule has 0 unspecified atom stereocenters. The van der Waals surface area contributed by atoms with Crippen molar-refractivity contribution in [2.75, 3.05) is 0 Å². The van der Waals surface area contributed by atoms with E-state index in [1.165, 1.54) is 0 Å². The predicted molar refractivity (Wildman–Crippen MR) is 54.4 cm³/mol. The Kier molecular flexibility index (Phi) is 3.88. The van der Waals surface area contributed by atoms with Crippen molar-refractivity contribution in [3.8, 4) is 0 Å². The lowest BCUT2D eigenvalue weighted by Crippen LogP contribution is -2.33. The fourth-order valence-electron chi connectivity index (χ4n) is 1.12. The van der Waals surface area contributed by atoms with Gasteiger partial charge < -0.3 is 10.5 Å². The van der Waals surface area contributed by atoms with Crippen molar-refractivity contribution in [3.63, 3.8) is 0 Å². The molecule has 0 aliphatic carbocycles. The van der Waals surface area contributed by atoms with Gasteiger partial charge in [0, 0.05) is 0 Å². The lowest BCUT2D eigenvalue weighted by Gasteiger charge is -2.08. The molecule has 0 bridgehead atoms. The number of hydrogen-bond donors (Lipinski definition) is 1. The van der Waals surface area contributed by atoms with Gasteiger partial charge in [-0.15, -0.1) is 0 Å². The van der Waals surface area contributed by atoms with Gasteiger partial charge in [0.25, 0.3) is 0 Å². The standard InChI is InChI=1S/C11H13NO2/c1-2-14-11(13)10(12)8-9-6-4-3-5-7-9/h2-7,10H,1,8,12H2/t10-/m0/s1. The number of benzene rings is 1. The summed E-state index contributed by atoms with van der Waals surface area (Å²) < 4.78 is 4.58. The van der Waals surface area contributed by atoms with E-state index in [2.05, 4.69) is 11.3 Å². The van der Waals surface area contributed by atoms with Crippen molar-refractivity contribution in [2.45, 2.75) is 12.5 Å². The predicted octanol–water partition coefficient (Wildman–Crippen LogP) is 1.24. The second kappa shape index (κ2) is 5.19. The molecule has 0 saturated carbocycles. The van der Waals surface area contributed by atoms with Gasteiger partial charge in [-0.25, -0.2) is 4.79 Å². The zero-order chi connectivity index (χ0) is 10.4. The van der Waals surface area contributed by atoms with Crippen LogP contribution in [-0.4, -0.2) is 12.0 Å². The number of carbonyl (C=O) groups is 1. The average molecular weight is 191 g/mol. The van der Waals surface area contributed by atoms with Crippen LogP contribution in [0.5, 0.6) is 0 Å². The molecule has 74 valence electrons. The summed E-state index contributed by atoms with van der Waals surface area (Å²) >= 11 is 0. The first-order chi connectivity index (χ1) is 6.74. The highest BCUT2D eigenvalue weighted by molar-refractivity contribution is 5.76. The van der Waals surface area contributed by atoms with Crippen molar-refractivity contribution in [3.05, 3.63) is 48.7 Å². The molecule has 1 rings (SSSR count). The van der Waals surface area contributed by atoms with E-state index in [9.17, 15) is 4.79 Å². The third kappa shape index (κ3) is 3.03. The Bertz CT molecular complexity index is 308. The molecule has 0 aliphatic rings. The molecule has 0 saturated heterocycles. The smallest absolute Gasteiger partial charge is 0.328 e. The van der Waals surface area contributed by atoms with E-state index in [1.807, 2.05) is 30.3 Å². The molecule has 0 fully saturated rings. The van der Waals surface area contributed by atoms with Gasteiger partial charge in [0.05, 0.1) is 6.26 Å². The molecule has 1 atom stereocenters. The zero-order valence-corrected chi connectivity index (χ0v) is 7.85. The summed E-state index contributed by atoms with van der Waals surface area (Å²) in [6, 6.07) is 8.93. The first-order valence-corrected chi connectivity index (χ1v) is 4.35. The fourth-order valence-corrected chi connectivity index (χ4v) is 1.12. The lowest BCUT2D eigenvalue weighted by atomic mass is 10.1. The van der Waals surface area contributed by atoms with E-state index in [-0.39, 0.29) is 0 Å². The van der Waals surface area contributed by atoms with Crippen LogP contribution in [0.4, 0.5) is 0 Å². The van der Waals surface area contributed by atoms with E-state index >= 15 is 0 Å². The van der Waals surface area contributed by atoms with E-state index in [0.717, 1.165) is 11.8 Å². The third-order valence-corrected chi connectivity index (χ3v) is 1.80. The molecular weight excluding hydrogens is 178 g/mol. The summed E-state index contributed by atoms with van der Waals surface area (Å²) in [6.07, 6.45) is 1.57. The maximum Gasteiger partial charge on any atom is 0.328 e. The van der Waals surface area contributed by atoms with Crippen molar-refractivity contribution >= 4 is 5.97 Å². The molecule has 0 heterocycles. The molecule has 3 nitrogen and oxygen atoms in total. The first kappa shape index (κ1) is 10.5. The van der Waals surface area contributed by atoms with Crippen LogP contribution in [0.3, 0.4) is 0 Å². The molecule has 0 spiro atoms. The number of ether oxygens (including phenoxy) is 1. The number of nitrogens with two attached hydrogens (primary N) is 1. The monoisotopic (exact) mass is 191 g/mol. The lowest BCUT2D eigenvalue weighted by molar-refractivity contribution is -0.139. The van der Waals surface area contributed by atoms with Crippen LogP contribution in [0.1, 0.15) is 5.56 Å². The SMILES string of the molecule is C=COC(=O)[C@@H](N)Cc1ccccc1. The Morgan fingerprint density at radius 1 is 1.50 bits per heavy atom. The van der Waals surface area contributed by atoms with Crippen LogP contribution >= 0.6 is 0 Å². The van der Waals surface area contributed by atoms with Crippen LogP contribution in [-0.2, 0) is 16.0 Å². The Hall–Kier alpha value is -1.61. The molecule has 1 aromatic rings. The summed E-state index contributed by atoms with van der Waals surface area (Å²) in [4.78, 5) is 11.1. The Morgan fingerprint density at radius 3 is 2.71 bits per heavy atom. The summed E-state index contributed by atoms with van der Waals surface area (Å²) in [5.74, 6) is -0.455. The van der Waals surface area contributed by atoms with E-state index in [0.29, 0.717) is 6.42 Å². The summed E-state index contributed by atoms with van der Waals surface area (Å²) in [5.41, 5.74) is 6.63. The topological polar surface area (TPSA) is 52.3 Å². The van der Waals surface area contributed by atoms with Gasteiger partial charge in [-0.05, 0) is 12.0 Å². The second-order valence-corrected chi connectivity index (χ2v) is 2.90. The number of hydrogen-bond acceptors (Lipinski definition) is 3. The van der Waals surface area contributed by atoms with Crippen LogP contribution < -0.4 is 5.73 Å². The van der Waals surface area contributed by atoms with E-state index in [4.69, 9.17) is 5.73 Å². The van der Waals surface area contributed by atoms with Gasteiger partial charge in [-0.3, -0.25) is 0 Å². The molecule has 0 aromatic heterocycles. The Morgan fingerprint density at radius 2 is 2.14 bits per heavy atom. The van der Waals surface area contributed by atoms with Gasteiger partial charge in [0.2, 0.25) is 0 Å². The van der Waals surface area contributed by atoms with Crippen molar-refractivity contribution < 1.29 is 9.53 Å². The normalized spacial score (nSPS) is 11.8. The van der Waals surface area contributed by atoms with Gasteiger partial charge >= 0.3 is 5.97 Å². The summed E-state index contributed by atoms with van der Waals surface area (Å²) in [6.45, 7) is 3.29. The van der Waals surface area contributed by atoms with Gasteiger partial charge in [-0.2, -0.15) is 0 Å². The van der Waals surface area contributed by atoms with Crippen molar-refractivity contribution in [1.82, 2.24) is 0 Å².